The first-order chi connectivity index (χ1) is 20.1. The third-order valence-corrected chi connectivity index (χ3v) is 8.02. The van der Waals surface area contributed by atoms with Gasteiger partial charge in [-0.1, -0.05) is 36.4 Å². The Morgan fingerprint density at radius 2 is 1.12 bits per heavy atom. The number of rotatable bonds is 9. The number of esters is 4. The van der Waals surface area contributed by atoms with Gasteiger partial charge in [0.2, 0.25) is 0 Å². The molecule has 0 N–H and O–H groups in total. The number of ether oxygens (including phenoxy) is 4. The average Bonchev–Trinajstić information content (AvgIpc) is 2.98. The van der Waals surface area contributed by atoms with Gasteiger partial charge in [0.1, 0.15) is 0 Å². The molecule has 222 valence electrons. The second-order valence-corrected chi connectivity index (χ2v) is 10.2. The van der Waals surface area contributed by atoms with Gasteiger partial charge in [0.15, 0.2) is 10.8 Å². The van der Waals surface area contributed by atoms with E-state index in [1.54, 1.807) is 34.6 Å². The molecule has 0 aliphatic heterocycles. The van der Waals surface area contributed by atoms with Crippen molar-refractivity contribution < 1.29 is 38.1 Å². The van der Waals surface area contributed by atoms with E-state index in [2.05, 4.69) is 0 Å². The number of nitrogens with zero attached hydrogens (tertiary/aromatic N) is 1. The largest absolute Gasteiger partial charge is 0.465 e. The Hall–Kier alpha value is -4.27. The van der Waals surface area contributed by atoms with E-state index >= 15 is 0 Å². The summed E-state index contributed by atoms with van der Waals surface area (Å²) in [6, 6.07) is 14.0. The maximum absolute atomic E-state index is 14.0. The van der Waals surface area contributed by atoms with Crippen LogP contribution >= 0.6 is 0 Å². The van der Waals surface area contributed by atoms with E-state index < -0.39 is 34.7 Å². The Morgan fingerprint density at radius 3 is 1.60 bits per heavy atom. The fourth-order valence-electron chi connectivity index (χ4n) is 6.00. The van der Waals surface area contributed by atoms with Crippen LogP contribution in [0.1, 0.15) is 50.1 Å². The Labute approximate surface area is 245 Å². The van der Waals surface area contributed by atoms with E-state index in [-0.39, 0.29) is 39.3 Å². The maximum atomic E-state index is 14.0. The van der Waals surface area contributed by atoms with Gasteiger partial charge in [-0.05, 0) is 75.1 Å². The Balaban J connectivity index is 2.07. The quantitative estimate of drug-likeness (QED) is 0.201. The molecule has 9 heteroatoms. The van der Waals surface area contributed by atoms with E-state index in [1.165, 1.54) is 0 Å². The van der Waals surface area contributed by atoms with Gasteiger partial charge in [0.25, 0.3) is 0 Å². The minimum absolute atomic E-state index is 0.0915. The Kier molecular flexibility index (Phi) is 8.99. The molecule has 1 aliphatic rings. The SMILES string of the molecule is CCOC(=O)C1(C(=O)OCC)Cc2c(C)nc(-c3ccc4ccccc4c3)c(C)c2CC1(C(=O)OCC)C(=O)OCC. The molecule has 1 aromatic heterocycles. The van der Waals surface area contributed by atoms with Crippen LogP contribution in [0.4, 0.5) is 0 Å². The fourth-order valence-corrected chi connectivity index (χ4v) is 6.00. The van der Waals surface area contributed by atoms with Gasteiger partial charge in [0.05, 0.1) is 32.1 Å². The number of fused-ring (bicyclic) bond motifs is 2. The Bertz CT molecular complexity index is 1510. The van der Waals surface area contributed by atoms with Gasteiger partial charge >= 0.3 is 23.9 Å². The molecule has 0 atom stereocenters. The standard InChI is InChI=1S/C33H37NO8/c1-7-39-28(35)32(29(36)40-8-2)18-25-20(5)27(24-16-15-22-13-11-12-14-23(22)17-24)34-21(6)26(25)19-33(32,30(37)41-9-3)31(38)42-10-4/h11-17H,7-10,18-19H2,1-6H3. The predicted octanol–water partition coefficient (Wildman–Crippen LogP) is 4.84. The van der Waals surface area contributed by atoms with Crippen molar-refractivity contribution in [3.05, 3.63) is 64.8 Å². The number of carbonyl (C=O) groups is 4. The predicted molar refractivity (Wildman–Crippen MR) is 155 cm³/mol. The van der Waals surface area contributed by atoms with Crippen molar-refractivity contribution in [1.29, 1.82) is 0 Å². The number of hydrogen-bond acceptors (Lipinski definition) is 9. The van der Waals surface area contributed by atoms with Crippen LogP contribution in [0.15, 0.2) is 42.5 Å². The van der Waals surface area contributed by atoms with Crippen LogP contribution in [0, 0.1) is 24.7 Å². The number of pyridine rings is 1. The summed E-state index contributed by atoms with van der Waals surface area (Å²) in [4.78, 5) is 60.8. The summed E-state index contributed by atoms with van der Waals surface area (Å²) >= 11 is 0. The van der Waals surface area contributed by atoms with Crippen LogP contribution in [0.3, 0.4) is 0 Å². The molecule has 42 heavy (non-hydrogen) atoms. The highest BCUT2D eigenvalue weighted by Gasteiger charge is 2.75. The van der Waals surface area contributed by atoms with E-state index in [1.807, 2.05) is 49.4 Å². The summed E-state index contributed by atoms with van der Waals surface area (Å²) in [5.74, 6) is -4.19. The summed E-state index contributed by atoms with van der Waals surface area (Å²) in [7, 11) is 0. The first-order valence-electron chi connectivity index (χ1n) is 14.3. The van der Waals surface area contributed by atoms with Gasteiger partial charge in [-0.2, -0.15) is 0 Å². The number of aromatic nitrogens is 1. The molecule has 1 aliphatic carbocycles. The Morgan fingerprint density at radius 1 is 0.667 bits per heavy atom. The first kappa shape index (κ1) is 30.7. The fraction of sp³-hybridized carbons (Fsp3) is 0.424. The molecule has 0 spiro atoms. The average molecular weight is 576 g/mol. The molecule has 9 nitrogen and oxygen atoms in total. The van der Waals surface area contributed by atoms with Crippen LogP contribution in [-0.4, -0.2) is 55.3 Å². The molecule has 3 aromatic rings. The van der Waals surface area contributed by atoms with Gasteiger partial charge in [0, 0.05) is 24.1 Å². The lowest BCUT2D eigenvalue weighted by molar-refractivity contribution is -0.204. The zero-order valence-corrected chi connectivity index (χ0v) is 25.0. The highest BCUT2D eigenvalue weighted by molar-refractivity contribution is 6.15. The second-order valence-electron chi connectivity index (χ2n) is 10.2. The van der Waals surface area contributed by atoms with Crippen LogP contribution in [0.25, 0.3) is 22.0 Å². The second kappa shape index (κ2) is 12.3. The minimum atomic E-state index is -2.40. The molecule has 0 saturated carbocycles. The van der Waals surface area contributed by atoms with Crippen LogP contribution < -0.4 is 0 Å². The molecule has 0 radical (unpaired) electrons. The molecule has 0 bridgehead atoms. The molecule has 0 unspecified atom stereocenters. The lowest BCUT2D eigenvalue weighted by Crippen LogP contribution is -2.66. The lowest BCUT2D eigenvalue weighted by atomic mass is 9.53. The van der Waals surface area contributed by atoms with Crippen molar-refractivity contribution in [2.45, 2.75) is 54.4 Å². The molecule has 2 aromatic carbocycles. The summed E-state index contributed by atoms with van der Waals surface area (Å²) in [5.41, 5.74) is -0.819. The van der Waals surface area contributed by atoms with E-state index in [4.69, 9.17) is 23.9 Å². The van der Waals surface area contributed by atoms with E-state index in [0.717, 1.165) is 16.3 Å². The number of hydrogen-bond donors (Lipinski definition) is 0. The van der Waals surface area contributed by atoms with Crippen molar-refractivity contribution in [2.75, 3.05) is 26.4 Å². The number of aryl methyl sites for hydroxylation is 1. The monoisotopic (exact) mass is 575 g/mol. The van der Waals surface area contributed by atoms with Crippen molar-refractivity contribution in [3.8, 4) is 11.3 Å². The molecular weight excluding hydrogens is 538 g/mol. The third-order valence-electron chi connectivity index (χ3n) is 8.02. The van der Waals surface area contributed by atoms with Crippen molar-refractivity contribution >= 4 is 34.6 Å². The molecule has 0 fully saturated rings. The summed E-state index contributed by atoms with van der Waals surface area (Å²) in [6.45, 7) is 9.61. The maximum Gasteiger partial charge on any atom is 0.325 e. The zero-order chi connectivity index (χ0) is 30.7. The first-order valence-corrected chi connectivity index (χ1v) is 14.3. The summed E-state index contributed by atoms with van der Waals surface area (Å²) in [5, 5.41) is 2.11. The summed E-state index contributed by atoms with van der Waals surface area (Å²) < 4.78 is 21.7. The van der Waals surface area contributed by atoms with Gasteiger partial charge in [-0.25, -0.2) is 0 Å². The van der Waals surface area contributed by atoms with Crippen molar-refractivity contribution in [2.24, 2.45) is 10.8 Å². The molecule has 4 rings (SSSR count). The summed E-state index contributed by atoms with van der Waals surface area (Å²) in [6.07, 6.45) is -0.692. The normalized spacial score (nSPS) is 14.9. The van der Waals surface area contributed by atoms with E-state index in [9.17, 15) is 19.2 Å². The zero-order valence-electron chi connectivity index (χ0n) is 25.0. The molecule has 0 amide bonds. The molecule has 0 saturated heterocycles. The van der Waals surface area contributed by atoms with Crippen LogP contribution in [-0.2, 0) is 51.0 Å². The minimum Gasteiger partial charge on any atom is -0.465 e. The third kappa shape index (κ3) is 4.80. The highest BCUT2D eigenvalue weighted by Crippen LogP contribution is 2.54. The number of benzene rings is 2. The molecule has 1 heterocycles. The van der Waals surface area contributed by atoms with Crippen LogP contribution in [0.2, 0.25) is 0 Å². The van der Waals surface area contributed by atoms with Crippen LogP contribution in [0.5, 0.6) is 0 Å². The number of carbonyl (C=O) groups excluding carboxylic acids is 4. The smallest absolute Gasteiger partial charge is 0.325 e. The van der Waals surface area contributed by atoms with Gasteiger partial charge < -0.3 is 18.9 Å². The van der Waals surface area contributed by atoms with Crippen molar-refractivity contribution in [1.82, 2.24) is 4.98 Å². The van der Waals surface area contributed by atoms with Crippen molar-refractivity contribution in [3.63, 3.8) is 0 Å². The molecular formula is C33H37NO8. The lowest BCUT2D eigenvalue weighted by Gasteiger charge is -2.46. The van der Waals surface area contributed by atoms with Gasteiger partial charge in [-0.3, -0.25) is 24.2 Å². The topological polar surface area (TPSA) is 118 Å². The van der Waals surface area contributed by atoms with Gasteiger partial charge in [-0.15, -0.1) is 0 Å². The van der Waals surface area contributed by atoms with E-state index in [0.29, 0.717) is 28.1 Å². The highest BCUT2D eigenvalue weighted by atomic mass is 16.6.